The van der Waals surface area contributed by atoms with Crippen LogP contribution in [0.2, 0.25) is 5.02 Å². The summed E-state index contributed by atoms with van der Waals surface area (Å²) in [5.74, 6) is -0.952. The number of esters is 2. The largest absolute Gasteiger partial charge is 0.465 e. The summed E-state index contributed by atoms with van der Waals surface area (Å²) >= 11 is 9.65. The molecular formula is C16H15ClO4S. The summed E-state index contributed by atoms with van der Waals surface area (Å²) < 4.78 is 9.03. The molecule has 0 bridgehead atoms. The van der Waals surface area contributed by atoms with E-state index in [1.807, 2.05) is 24.3 Å². The Balaban J connectivity index is 0.000000255. The number of thiol groups is 1. The molecule has 6 heteroatoms. The number of carbonyl (C=O) groups is 2. The summed E-state index contributed by atoms with van der Waals surface area (Å²) in [7, 11) is 2.57. The van der Waals surface area contributed by atoms with Crippen molar-refractivity contribution in [3.05, 3.63) is 64.7 Å². The first kappa shape index (κ1) is 18.1. The molecule has 0 aliphatic heterocycles. The van der Waals surface area contributed by atoms with Crippen molar-refractivity contribution >= 4 is 36.2 Å². The van der Waals surface area contributed by atoms with Gasteiger partial charge in [-0.05, 0) is 42.5 Å². The molecule has 0 spiro atoms. The molecule has 0 aromatic heterocycles. The fraction of sp³-hybridized carbons (Fsp3) is 0.125. The average Bonchev–Trinajstić information content (AvgIpc) is 2.56. The molecule has 0 aliphatic rings. The zero-order chi connectivity index (χ0) is 16.5. The van der Waals surface area contributed by atoms with Crippen LogP contribution in [0.5, 0.6) is 0 Å². The van der Waals surface area contributed by atoms with Crippen LogP contribution < -0.4 is 0 Å². The van der Waals surface area contributed by atoms with Crippen molar-refractivity contribution in [1.29, 1.82) is 0 Å². The van der Waals surface area contributed by atoms with Crippen LogP contribution in [0.1, 0.15) is 20.7 Å². The smallest absolute Gasteiger partial charge is 0.337 e. The molecule has 0 radical (unpaired) electrons. The van der Waals surface area contributed by atoms with E-state index >= 15 is 0 Å². The maximum atomic E-state index is 11.1. The average molecular weight is 339 g/mol. The van der Waals surface area contributed by atoms with E-state index in [0.717, 1.165) is 9.92 Å². The number of halogens is 1. The van der Waals surface area contributed by atoms with Gasteiger partial charge in [-0.25, -0.2) is 9.59 Å². The van der Waals surface area contributed by atoms with Gasteiger partial charge in [0.05, 0.1) is 25.3 Å². The maximum absolute atomic E-state index is 11.1. The van der Waals surface area contributed by atoms with Gasteiger partial charge in [0.1, 0.15) is 0 Å². The number of hydrogen-bond donors (Lipinski definition) is 1. The van der Waals surface area contributed by atoms with Gasteiger partial charge < -0.3 is 9.47 Å². The summed E-state index contributed by atoms with van der Waals surface area (Å²) in [4.78, 5) is 23.1. The van der Waals surface area contributed by atoms with Crippen molar-refractivity contribution in [2.75, 3.05) is 14.2 Å². The van der Waals surface area contributed by atoms with Crippen molar-refractivity contribution in [1.82, 2.24) is 0 Å². The highest BCUT2D eigenvalue weighted by molar-refractivity contribution is 7.80. The summed E-state index contributed by atoms with van der Waals surface area (Å²) in [6, 6.07) is 13.5. The van der Waals surface area contributed by atoms with Crippen LogP contribution in [0.4, 0.5) is 0 Å². The Labute approximate surface area is 139 Å². The first-order chi connectivity index (χ1) is 10.5. The first-order valence-corrected chi connectivity index (χ1v) is 7.01. The van der Waals surface area contributed by atoms with E-state index < -0.39 is 11.9 Å². The Morgan fingerprint density at radius 3 is 1.73 bits per heavy atom. The lowest BCUT2D eigenvalue weighted by atomic mass is 10.1. The molecule has 2 aromatic rings. The van der Waals surface area contributed by atoms with Gasteiger partial charge in [-0.15, -0.1) is 12.6 Å². The summed E-state index contributed by atoms with van der Waals surface area (Å²) in [6.07, 6.45) is 0. The van der Waals surface area contributed by atoms with Gasteiger partial charge in [0.2, 0.25) is 0 Å². The second-order valence-corrected chi connectivity index (χ2v) is 4.99. The lowest BCUT2D eigenvalue weighted by Gasteiger charge is -2.01. The molecule has 0 fully saturated rings. The predicted molar refractivity (Wildman–Crippen MR) is 87.8 cm³/mol. The molecule has 0 saturated heterocycles. The van der Waals surface area contributed by atoms with E-state index in [2.05, 4.69) is 22.1 Å². The predicted octanol–water partition coefficient (Wildman–Crippen LogP) is 3.89. The molecular weight excluding hydrogens is 324 g/mol. The Morgan fingerprint density at radius 1 is 0.909 bits per heavy atom. The van der Waals surface area contributed by atoms with Crippen molar-refractivity contribution in [3.8, 4) is 0 Å². The van der Waals surface area contributed by atoms with Gasteiger partial charge in [-0.3, -0.25) is 0 Å². The highest BCUT2D eigenvalue weighted by Gasteiger charge is 2.09. The Hall–Kier alpha value is -1.98. The normalized spacial score (nSPS) is 9.27. The Bertz CT molecular complexity index is 589. The minimum Gasteiger partial charge on any atom is -0.465 e. The van der Waals surface area contributed by atoms with Crippen molar-refractivity contribution in [2.45, 2.75) is 4.90 Å². The van der Waals surface area contributed by atoms with E-state index in [-0.39, 0.29) is 0 Å². The zero-order valence-corrected chi connectivity index (χ0v) is 13.7. The van der Waals surface area contributed by atoms with Crippen LogP contribution in [0.25, 0.3) is 0 Å². The van der Waals surface area contributed by atoms with Gasteiger partial charge in [0.25, 0.3) is 0 Å². The van der Waals surface area contributed by atoms with Gasteiger partial charge in [-0.2, -0.15) is 0 Å². The van der Waals surface area contributed by atoms with E-state index in [4.69, 9.17) is 11.6 Å². The molecule has 2 rings (SSSR count). The van der Waals surface area contributed by atoms with Gasteiger partial charge in [0.15, 0.2) is 0 Å². The monoisotopic (exact) mass is 338 g/mol. The molecule has 0 saturated carbocycles. The number of benzene rings is 2. The molecule has 2 aromatic carbocycles. The summed E-state index contributed by atoms with van der Waals surface area (Å²) in [5.41, 5.74) is 0.658. The third kappa shape index (κ3) is 5.79. The van der Waals surface area contributed by atoms with E-state index in [9.17, 15) is 9.59 Å². The molecule has 116 valence electrons. The van der Waals surface area contributed by atoms with Crippen molar-refractivity contribution < 1.29 is 19.1 Å². The second kappa shape index (κ2) is 9.12. The Morgan fingerprint density at radius 2 is 1.36 bits per heavy atom. The summed E-state index contributed by atoms with van der Waals surface area (Å²) in [6.45, 7) is 0. The quantitative estimate of drug-likeness (QED) is 0.666. The number of ether oxygens (including phenoxy) is 2. The molecule has 0 atom stereocenters. The molecule has 0 N–H and O–H groups in total. The number of carbonyl (C=O) groups excluding carboxylic acids is 2. The minimum absolute atomic E-state index is 0.329. The van der Waals surface area contributed by atoms with Gasteiger partial charge >= 0.3 is 11.9 Å². The van der Waals surface area contributed by atoms with Crippen LogP contribution in [0.15, 0.2) is 53.4 Å². The highest BCUT2D eigenvalue weighted by atomic mass is 35.5. The lowest BCUT2D eigenvalue weighted by Crippen LogP contribution is -2.05. The van der Waals surface area contributed by atoms with Crippen LogP contribution in [0, 0.1) is 0 Å². The van der Waals surface area contributed by atoms with E-state index in [1.54, 1.807) is 18.2 Å². The summed E-state index contributed by atoms with van der Waals surface area (Å²) in [5, 5.41) is 0.753. The van der Waals surface area contributed by atoms with Crippen LogP contribution in [0.3, 0.4) is 0 Å². The number of hydrogen-bond acceptors (Lipinski definition) is 5. The Kier molecular flexibility index (Phi) is 7.49. The molecule has 0 aliphatic carbocycles. The standard InChI is InChI=1S/C10H10O4.C6H5ClS/c1-13-9(11)7-4-3-5-8(6-7)10(12)14-2;7-5-1-3-6(8)4-2-5/h3-6H,1-2H3;1-4,8H. The lowest BCUT2D eigenvalue weighted by molar-refractivity contribution is 0.0599. The van der Waals surface area contributed by atoms with Crippen LogP contribution in [-0.4, -0.2) is 26.2 Å². The molecule has 0 amide bonds. The van der Waals surface area contributed by atoms with Gasteiger partial charge in [-0.1, -0.05) is 17.7 Å². The van der Waals surface area contributed by atoms with Crippen molar-refractivity contribution in [2.24, 2.45) is 0 Å². The molecule has 0 heterocycles. The third-order valence-electron chi connectivity index (χ3n) is 2.53. The van der Waals surface area contributed by atoms with Crippen LogP contribution >= 0.6 is 24.2 Å². The molecule has 0 unspecified atom stereocenters. The highest BCUT2D eigenvalue weighted by Crippen LogP contribution is 2.11. The van der Waals surface area contributed by atoms with E-state index in [1.165, 1.54) is 20.3 Å². The topological polar surface area (TPSA) is 52.6 Å². The molecule has 22 heavy (non-hydrogen) atoms. The molecule has 4 nitrogen and oxygen atoms in total. The SMILES string of the molecule is COC(=O)c1cccc(C(=O)OC)c1.Sc1ccc(Cl)cc1. The fourth-order valence-corrected chi connectivity index (χ4v) is 1.72. The number of rotatable bonds is 2. The van der Waals surface area contributed by atoms with Crippen LogP contribution in [-0.2, 0) is 9.47 Å². The fourth-order valence-electron chi connectivity index (χ4n) is 1.45. The third-order valence-corrected chi connectivity index (χ3v) is 3.08. The minimum atomic E-state index is -0.476. The van der Waals surface area contributed by atoms with Gasteiger partial charge in [0, 0.05) is 9.92 Å². The van der Waals surface area contributed by atoms with Crippen molar-refractivity contribution in [3.63, 3.8) is 0 Å². The first-order valence-electron chi connectivity index (χ1n) is 6.19. The second-order valence-electron chi connectivity index (χ2n) is 4.04. The van der Waals surface area contributed by atoms with E-state index in [0.29, 0.717) is 11.1 Å². The zero-order valence-electron chi connectivity index (χ0n) is 12.1. The number of methoxy groups -OCH3 is 2. The maximum Gasteiger partial charge on any atom is 0.337 e.